The second-order valence-electron chi connectivity index (χ2n) is 4.61. The summed E-state index contributed by atoms with van der Waals surface area (Å²) < 4.78 is 5.41. The first-order valence-corrected chi connectivity index (χ1v) is 6.13. The molecule has 0 aliphatic carbocycles. The van der Waals surface area contributed by atoms with Crippen LogP contribution in [0.15, 0.2) is 18.2 Å². The van der Waals surface area contributed by atoms with Crippen LogP contribution in [0.25, 0.3) is 0 Å². The van der Waals surface area contributed by atoms with Gasteiger partial charge in [-0.3, -0.25) is 4.79 Å². The van der Waals surface area contributed by atoms with E-state index in [1.807, 2.05) is 25.1 Å². The Kier molecular flexibility index (Phi) is 3.84. The lowest BCUT2D eigenvalue weighted by Crippen LogP contribution is -2.41. The van der Waals surface area contributed by atoms with E-state index in [1.54, 1.807) is 4.90 Å². The predicted molar refractivity (Wildman–Crippen MR) is 70.4 cm³/mol. The molecular weight excluding hydrogens is 230 g/mol. The Labute approximate surface area is 107 Å². The molecule has 2 rings (SSSR count). The number of amides is 1. The molecule has 4 N–H and O–H groups in total. The number of hydrogen-bond donors (Lipinski definition) is 2. The fraction of sp³-hybridized carbons (Fsp3) is 0.462. The zero-order valence-corrected chi connectivity index (χ0v) is 10.6. The first kappa shape index (κ1) is 12.9. The summed E-state index contributed by atoms with van der Waals surface area (Å²) in [5.41, 5.74) is 13.1. The summed E-state index contributed by atoms with van der Waals surface area (Å²) in [6.07, 6.45) is 0.762. The van der Waals surface area contributed by atoms with E-state index in [-0.39, 0.29) is 18.6 Å². The topological polar surface area (TPSA) is 81.6 Å². The third-order valence-electron chi connectivity index (χ3n) is 3.01. The highest BCUT2D eigenvalue weighted by Crippen LogP contribution is 2.33. The van der Waals surface area contributed by atoms with Crippen molar-refractivity contribution in [1.29, 1.82) is 0 Å². The molecule has 1 aromatic rings. The number of anilines is 1. The number of benzene rings is 1. The van der Waals surface area contributed by atoms with Gasteiger partial charge < -0.3 is 21.1 Å². The van der Waals surface area contributed by atoms with Gasteiger partial charge in [0.25, 0.3) is 5.91 Å². The molecule has 1 unspecified atom stereocenters. The van der Waals surface area contributed by atoms with Gasteiger partial charge in [0.15, 0.2) is 6.61 Å². The molecule has 0 aromatic heterocycles. The molecule has 1 aliphatic rings. The molecule has 1 atom stereocenters. The summed E-state index contributed by atoms with van der Waals surface area (Å²) in [6, 6.07) is 5.76. The fourth-order valence-electron chi connectivity index (χ4n) is 1.95. The van der Waals surface area contributed by atoms with Crippen molar-refractivity contribution < 1.29 is 9.53 Å². The molecule has 0 radical (unpaired) electrons. The van der Waals surface area contributed by atoms with Crippen LogP contribution in [0.3, 0.4) is 0 Å². The van der Waals surface area contributed by atoms with Crippen molar-refractivity contribution in [1.82, 2.24) is 0 Å². The maximum Gasteiger partial charge on any atom is 0.265 e. The van der Waals surface area contributed by atoms with Gasteiger partial charge in [0.2, 0.25) is 0 Å². The molecule has 0 fully saturated rings. The first-order valence-electron chi connectivity index (χ1n) is 6.13. The van der Waals surface area contributed by atoms with E-state index >= 15 is 0 Å². The largest absolute Gasteiger partial charge is 0.482 e. The number of rotatable bonds is 4. The minimum Gasteiger partial charge on any atom is -0.482 e. The molecule has 0 bridgehead atoms. The Morgan fingerprint density at radius 1 is 1.50 bits per heavy atom. The maximum absolute atomic E-state index is 11.9. The second-order valence-corrected chi connectivity index (χ2v) is 4.61. The van der Waals surface area contributed by atoms with Gasteiger partial charge in [-0.05, 0) is 31.0 Å². The number of ether oxygens (including phenoxy) is 1. The Hall–Kier alpha value is -1.59. The Balaban J connectivity index is 2.27. The smallest absolute Gasteiger partial charge is 0.265 e. The van der Waals surface area contributed by atoms with Gasteiger partial charge in [-0.15, -0.1) is 0 Å². The Bertz CT molecular complexity index is 446. The Morgan fingerprint density at radius 2 is 2.28 bits per heavy atom. The van der Waals surface area contributed by atoms with Crippen molar-refractivity contribution in [3.63, 3.8) is 0 Å². The highest BCUT2D eigenvalue weighted by Gasteiger charge is 2.25. The number of fused-ring (bicyclic) bond motifs is 1. The molecule has 0 saturated carbocycles. The number of carbonyl (C=O) groups excluding carboxylic acids is 1. The van der Waals surface area contributed by atoms with E-state index in [4.69, 9.17) is 16.2 Å². The summed E-state index contributed by atoms with van der Waals surface area (Å²) in [4.78, 5) is 13.6. The summed E-state index contributed by atoms with van der Waals surface area (Å²) in [6.45, 7) is 3.08. The van der Waals surface area contributed by atoms with Gasteiger partial charge in [0.1, 0.15) is 5.75 Å². The van der Waals surface area contributed by atoms with Crippen molar-refractivity contribution in [3.8, 4) is 5.75 Å². The number of carbonyl (C=O) groups is 1. The van der Waals surface area contributed by atoms with E-state index in [0.29, 0.717) is 13.1 Å². The van der Waals surface area contributed by atoms with Gasteiger partial charge in [0, 0.05) is 19.1 Å². The highest BCUT2D eigenvalue weighted by atomic mass is 16.5. The average molecular weight is 249 g/mol. The number of nitrogens with two attached hydrogens (primary N) is 2. The molecular formula is C13H19N3O2. The zero-order chi connectivity index (χ0) is 13.1. The lowest BCUT2D eigenvalue weighted by molar-refractivity contribution is -0.121. The van der Waals surface area contributed by atoms with Gasteiger partial charge in [-0.1, -0.05) is 6.07 Å². The van der Waals surface area contributed by atoms with Gasteiger partial charge >= 0.3 is 0 Å². The van der Waals surface area contributed by atoms with Gasteiger partial charge in [0.05, 0.1) is 5.69 Å². The third kappa shape index (κ3) is 2.63. The van der Waals surface area contributed by atoms with Gasteiger partial charge in [-0.2, -0.15) is 0 Å². The Morgan fingerprint density at radius 3 is 2.94 bits per heavy atom. The number of hydrogen-bond acceptors (Lipinski definition) is 4. The van der Waals surface area contributed by atoms with Crippen LogP contribution in [0.5, 0.6) is 5.75 Å². The minimum absolute atomic E-state index is 0.0303. The van der Waals surface area contributed by atoms with Crippen molar-refractivity contribution in [3.05, 3.63) is 23.8 Å². The van der Waals surface area contributed by atoms with E-state index in [2.05, 4.69) is 0 Å². The molecule has 5 heteroatoms. The second kappa shape index (κ2) is 5.37. The SMILES string of the molecule is CC(N)CCN1C(=O)COc2ccc(CN)cc21. The quantitative estimate of drug-likeness (QED) is 0.819. The van der Waals surface area contributed by atoms with E-state index in [1.165, 1.54) is 0 Å². The van der Waals surface area contributed by atoms with Gasteiger partial charge in [-0.25, -0.2) is 0 Å². The van der Waals surface area contributed by atoms with E-state index < -0.39 is 0 Å². The molecule has 0 saturated heterocycles. The highest BCUT2D eigenvalue weighted by molar-refractivity contribution is 5.97. The molecule has 98 valence electrons. The summed E-state index contributed by atoms with van der Waals surface area (Å²) >= 11 is 0. The minimum atomic E-state index is -0.0303. The molecule has 18 heavy (non-hydrogen) atoms. The molecule has 1 aromatic carbocycles. The molecule has 5 nitrogen and oxygen atoms in total. The van der Waals surface area contributed by atoms with Crippen LogP contribution in [-0.2, 0) is 11.3 Å². The van der Waals surface area contributed by atoms with Crippen LogP contribution in [0, 0.1) is 0 Å². The lowest BCUT2D eigenvalue weighted by atomic mass is 10.1. The maximum atomic E-state index is 11.9. The van der Waals surface area contributed by atoms with Crippen molar-refractivity contribution in [2.45, 2.75) is 25.9 Å². The van der Waals surface area contributed by atoms with Crippen LogP contribution >= 0.6 is 0 Å². The normalized spacial score (nSPS) is 16.2. The standard InChI is InChI=1S/C13H19N3O2/c1-9(15)4-5-16-11-6-10(7-14)2-3-12(11)18-8-13(16)17/h2-3,6,9H,4-5,7-8,14-15H2,1H3. The van der Waals surface area contributed by atoms with Crippen molar-refractivity contribution >= 4 is 11.6 Å². The number of nitrogens with zero attached hydrogens (tertiary/aromatic N) is 1. The van der Waals surface area contributed by atoms with Crippen LogP contribution in [0.2, 0.25) is 0 Å². The summed E-state index contributed by atoms with van der Waals surface area (Å²) in [5, 5.41) is 0. The summed E-state index contributed by atoms with van der Waals surface area (Å²) in [7, 11) is 0. The molecule has 1 aliphatic heterocycles. The molecule has 1 heterocycles. The summed E-state index contributed by atoms with van der Waals surface area (Å²) in [5.74, 6) is 0.703. The van der Waals surface area contributed by atoms with E-state index in [0.717, 1.165) is 23.4 Å². The predicted octanol–water partition coefficient (Wildman–Crippen LogP) is 0.608. The third-order valence-corrected chi connectivity index (χ3v) is 3.01. The van der Waals surface area contributed by atoms with Crippen LogP contribution < -0.4 is 21.1 Å². The van der Waals surface area contributed by atoms with Crippen LogP contribution in [0.1, 0.15) is 18.9 Å². The monoisotopic (exact) mass is 249 g/mol. The molecule has 1 amide bonds. The van der Waals surface area contributed by atoms with Crippen molar-refractivity contribution in [2.24, 2.45) is 11.5 Å². The fourth-order valence-corrected chi connectivity index (χ4v) is 1.95. The van der Waals surface area contributed by atoms with Crippen molar-refractivity contribution in [2.75, 3.05) is 18.1 Å². The lowest BCUT2D eigenvalue weighted by Gasteiger charge is -2.30. The molecule has 0 spiro atoms. The average Bonchev–Trinajstić information content (AvgIpc) is 2.36. The van der Waals surface area contributed by atoms with Crippen LogP contribution in [0.4, 0.5) is 5.69 Å². The first-order chi connectivity index (χ1) is 8.61. The van der Waals surface area contributed by atoms with E-state index in [9.17, 15) is 4.79 Å². The van der Waals surface area contributed by atoms with Crippen LogP contribution in [-0.4, -0.2) is 25.1 Å². The zero-order valence-electron chi connectivity index (χ0n) is 10.6.